The summed E-state index contributed by atoms with van der Waals surface area (Å²) in [7, 11) is 4.61. The molecule has 0 heterocycles. The second-order valence-corrected chi connectivity index (χ2v) is 4.15. The van der Waals surface area contributed by atoms with E-state index >= 15 is 0 Å². The Morgan fingerprint density at radius 2 is 1.90 bits per heavy atom. The number of hydrogen-bond donors (Lipinski definition) is 2. The summed E-state index contributed by atoms with van der Waals surface area (Å²) in [5.41, 5.74) is 5.66. The molecule has 5 nitrogen and oxygen atoms in total. The van der Waals surface area contributed by atoms with Gasteiger partial charge in [0.1, 0.15) is 11.4 Å². The summed E-state index contributed by atoms with van der Waals surface area (Å²) >= 11 is 6.20. The van der Waals surface area contributed by atoms with E-state index in [9.17, 15) is 10.2 Å². The average molecular weight is 491 g/mol. The van der Waals surface area contributed by atoms with E-state index < -0.39 is 0 Å². The molecule has 2 aromatic carbocycles. The number of halogens is 1. The van der Waals surface area contributed by atoms with Crippen molar-refractivity contribution in [2.75, 3.05) is 0 Å². The van der Waals surface area contributed by atoms with Crippen molar-refractivity contribution < 1.29 is 29.0 Å². The first-order valence-electron chi connectivity index (χ1n) is 5.26. The van der Waals surface area contributed by atoms with E-state index in [1.54, 1.807) is 43.0 Å². The Hall–Kier alpha value is -1.23. The van der Waals surface area contributed by atoms with E-state index in [1.807, 2.05) is 0 Å². The van der Waals surface area contributed by atoms with Crippen LogP contribution >= 0.6 is 21.6 Å². The Kier molecular flexibility index (Phi) is 6.33. The molecule has 0 atom stereocenters. The summed E-state index contributed by atoms with van der Waals surface area (Å²) < 4.78 is 0. The van der Waals surface area contributed by atoms with Crippen molar-refractivity contribution in [3.05, 3.63) is 29.8 Å². The number of thiocarbonyl (C=S) groups is 1. The van der Waals surface area contributed by atoms with Crippen LogP contribution in [0.3, 0.4) is 0 Å². The quantitative estimate of drug-likeness (QED) is 0.475. The van der Waals surface area contributed by atoms with Crippen LogP contribution in [0.25, 0.3) is 10.8 Å². The van der Waals surface area contributed by atoms with Crippen LogP contribution in [0.15, 0.2) is 34.5 Å². The third-order valence-corrected chi connectivity index (χ3v) is 2.68. The van der Waals surface area contributed by atoms with Crippen LogP contribution in [-0.4, -0.2) is 10.2 Å². The fourth-order valence-corrected chi connectivity index (χ4v) is 1.74. The molecule has 0 amide bonds. The summed E-state index contributed by atoms with van der Waals surface area (Å²) in [6.07, 6.45) is 0. The number of nitrogens with two attached hydrogens (primary N) is 1. The Bertz CT molecular complexity index is 679. The summed E-state index contributed by atoms with van der Waals surface area (Å²) in [6.45, 7) is 1.53. The van der Waals surface area contributed by atoms with Gasteiger partial charge in [0.15, 0.2) is 0 Å². The van der Waals surface area contributed by atoms with Crippen molar-refractivity contribution in [2.45, 2.75) is 6.92 Å². The number of benzene rings is 2. The number of fused-ring (bicyclic) bond motifs is 1. The van der Waals surface area contributed by atoms with Gasteiger partial charge in [-0.2, -0.15) is 0 Å². The first-order chi connectivity index (χ1) is 9.52. The fraction of sp³-hybridized carbons (Fsp3) is 0.0833. The van der Waals surface area contributed by atoms with Gasteiger partial charge in [-0.05, 0) is 30.1 Å². The summed E-state index contributed by atoms with van der Waals surface area (Å²) in [4.78, 5) is 0. The van der Waals surface area contributed by atoms with Gasteiger partial charge in [0, 0.05) is 5.39 Å². The van der Waals surface area contributed by atoms with Crippen molar-refractivity contribution in [1.82, 2.24) is 0 Å². The molecule has 0 saturated heterocycles. The molecule has 0 spiro atoms. The van der Waals surface area contributed by atoms with Gasteiger partial charge < -0.3 is 15.9 Å². The summed E-state index contributed by atoms with van der Waals surface area (Å²) in [5.74, 6) is -0.420. The van der Waals surface area contributed by atoms with Gasteiger partial charge >= 0.3 is 28.2 Å². The molecular formula is C12H10ClN3O2PtS. The van der Waals surface area contributed by atoms with E-state index in [2.05, 4.69) is 31.9 Å². The molecule has 0 aliphatic heterocycles. The second-order valence-electron chi connectivity index (χ2n) is 3.74. The first-order valence-corrected chi connectivity index (χ1v) is 8.49. The molecule has 0 aliphatic carbocycles. The minimum atomic E-state index is -0.225. The molecule has 0 saturated carbocycles. The fourth-order valence-electron chi connectivity index (χ4n) is 1.70. The Morgan fingerprint density at radius 1 is 1.35 bits per heavy atom. The van der Waals surface area contributed by atoms with E-state index in [0.717, 1.165) is 0 Å². The molecule has 2 aromatic rings. The normalized spacial score (nSPS) is 10.4. The molecule has 8 heteroatoms. The van der Waals surface area contributed by atoms with Crippen molar-refractivity contribution >= 4 is 43.2 Å². The molecule has 3 N–H and O–H groups in total. The molecular weight excluding hydrogens is 481 g/mol. The van der Waals surface area contributed by atoms with Crippen LogP contribution in [0, 0.1) is 6.92 Å². The van der Waals surface area contributed by atoms with Crippen LogP contribution in [0.2, 0.25) is 0 Å². The van der Waals surface area contributed by atoms with Crippen molar-refractivity contribution in [1.29, 1.82) is 0 Å². The van der Waals surface area contributed by atoms with Gasteiger partial charge in [-0.25, -0.2) is 0 Å². The number of phenols is 1. The second kappa shape index (κ2) is 7.52. The number of hydrogen-bond acceptors (Lipinski definition) is 4. The Morgan fingerprint density at radius 3 is 2.45 bits per heavy atom. The van der Waals surface area contributed by atoms with Crippen LogP contribution in [0.4, 0.5) is 5.69 Å². The number of rotatable bonds is 1. The first kappa shape index (κ1) is 16.8. The van der Waals surface area contributed by atoms with E-state index in [4.69, 9.17) is 5.73 Å². The van der Waals surface area contributed by atoms with Crippen molar-refractivity contribution in [2.24, 2.45) is 16.0 Å². The van der Waals surface area contributed by atoms with E-state index in [-0.39, 0.29) is 27.9 Å². The van der Waals surface area contributed by atoms with Crippen LogP contribution < -0.4 is 10.8 Å². The molecule has 0 radical (unpaired) electrons. The number of nitrogens with zero attached hydrogens (tertiary/aromatic N) is 2. The Balaban J connectivity index is 0.000000956. The maximum atomic E-state index is 12.0. The monoisotopic (exact) mass is 490 g/mol. The zero-order chi connectivity index (χ0) is 15.3. The zero-order valence-electron chi connectivity index (χ0n) is 10.2. The standard InChI is InChI=1S/C12H11N3O2S.ClH.Pt/c1-6-10(16)8-5-3-2-4-7(8)9(11(6)17)14-15-12(13)18;;/h2-5,16-17H,1H3,(H2,13,18);1H;/q;;+2/p-2. The minimum absolute atomic E-state index is 0.137. The predicted molar refractivity (Wildman–Crippen MR) is 77.0 cm³/mol. The Labute approximate surface area is 136 Å². The third-order valence-electron chi connectivity index (χ3n) is 2.60. The average Bonchev–Trinajstić information content (AvgIpc) is 2.47. The van der Waals surface area contributed by atoms with Crippen molar-refractivity contribution in [3.63, 3.8) is 0 Å². The molecule has 0 bridgehead atoms. The van der Waals surface area contributed by atoms with E-state index in [0.29, 0.717) is 10.8 Å². The zero-order valence-corrected chi connectivity index (χ0v) is 14.1. The van der Waals surface area contributed by atoms with Gasteiger partial charge in [-0.3, -0.25) is 0 Å². The topological polar surface area (TPSA) is 94.0 Å². The molecule has 108 valence electrons. The number of azo groups is 1. The number of phenolic OH excluding ortho intramolecular Hbond substituents is 1. The molecule has 0 aliphatic rings. The van der Waals surface area contributed by atoms with Crippen LogP contribution in [-0.2, 0) is 18.8 Å². The molecule has 0 unspecified atom stereocenters. The molecule has 20 heavy (non-hydrogen) atoms. The van der Waals surface area contributed by atoms with Crippen molar-refractivity contribution in [3.8, 4) is 11.5 Å². The van der Waals surface area contributed by atoms with Crippen LogP contribution in [0.5, 0.6) is 11.5 Å². The van der Waals surface area contributed by atoms with Gasteiger partial charge in [0.2, 0.25) is 5.11 Å². The molecule has 0 fully saturated rings. The third kappa shape index (κ3) is 3.45. The van der Waals surface area contributed by atoms with Gasteiger partial charge in [0.05, 0.1) is 0 Å². The van der Waals surface area contributed by atoms with E-state index in [1.165, 1.54) is 6.92 Å². The predicted octanol–water partition coefficient (Wildman–Crippen LogP) is 2.94. The van der Waals surface area contributed by atoms with Gasteiger partial charge in [-0.15, -0.1) is 10.2 Å². The number of aromatic hydroxyl groups is 1. The summed E-state index contributed by atoms with van der Waals surface area (Å²) in [6, 6.07) is 6.85. The van der Waals surface area contributed by atoms with Gasteiger partial charge in [-0.1, -0.05) is 30.0 Å². The maximum absolute atomic E-state index is 12.0. The van der Waals surface area contributed by atoms with Crippen LogP contribution in [0.1, 0.15) is 5.56 Å². The van der Waals surface area contributed by atoms with Gasteiger partial charge in [0.25, 0.3) is 0 Å². The molecule has 0 aromatic heterocycles. The molecule has 2 rings (SSSR count). The summed E-state index contributed by atoms with van der Waals surface area (Å²) in [5, 5.41) is 30.1. The SMILES string of the molecule is Cc1c(O)c(N=NC(N)=S)c2ccccc2c1[O-].[Cl][Pt+].